The number of nitrogens with zero attached hydrogens (tertiary/aromatic N) is 2. The number of aromatic nitrogens is 1. The van der Waals surface area contributed by atoms with Crippen molar-refractivity contribution in [3.05, 3.63) is 87.9 Å². The number of amides is 2. The summed E-state index contributed by atoms with van der Waals surface area (Å²) in [6.45, 7) is 0.103. The maximum Gasteiger partial charge on any atom is 0.267 e. The molecule has 5 nitrogen and oxygen atoms in total. The molecule has 7 heteroatoms. The fourth-order valence-corrected chi connectivity index (χ4v) is 3.23. The predicted molar refractivity (Wildman–Crippen MR) is 102 cm³/mol. The van der Waals surface area contributed by atoms with Crippen molar-refractivity contribution in [1.82, 2.24) is 9.88 Å². The Bertz CT molecular complexity index is 995. The van der Waals surface area contributed by atoms with Gasteiger partial charge in [-0.05, 0) is 11.6 Å². The van der Waals surface area contributed by atoms with Crippen LogP contribution in [0.1, 0.15) is 11.1 Å². The molecule has 1 N–H and O–H groups in total. The highest BCUT2D eigenvalue weighted by molar-refractivity contribution is 7.07. The Labute approximate surface area is 159 Å². The molecule has 1 aromatic heterocycles. The number of nitrogens with one attached hydrogen (secondary N) is 1. The van der Waals surface area contributed by atoms with Crippen molar-refractivity contribution in [2.75, 3.05) is 6.54 Å². The Morgan fingerprint density at radius 2 is 1.81 bits per heavy atom. The van der Waals surface area contributed by atoms with Crippen LogP contribution in [0.2, 0.25) is 0 Å². The third-order valence-electron chi connectivity index (χ3n) is 3.82. The maximum atomic E-state index is 13.8. The van der Waals surface area contributed by atoms with Crippen molar-refractivity contribution in [3.63, 3.8) is 0 Å². The van der Waals surface area contributed by atoms with Gasteiger partial charge in [0.25, 0.3) is 5.91 Å². The van der Waals surface area contributed by atoms with E-state index < -0.39 is 5.91 Å². The molecule has 0 spiro atoms. The molecular weight excluding hydrogens is 365 g/mol. The van der Waals surface area contributed by atoms with Gasteiger partial charge in [-0.1, -0.05) is 48.5 Å². The SMILES string of the molecule is O=C(CNC(=O)Cc1ccccc1)N=c1sccn1Cc1ccccc1F. The minimum atomic E-state index is -0.457. The minimum absolute atomic E-state index is 0.177. The summed E-state index contributed by atoms with van der Waals surface area (Å²) in [7, 11) is 0. The first-order valence-electron chi connectivity index (χ1n) is 8.37. The van der Waals surface area contributed by atoms with Gasteiger partial charge in [0.15, 0.2) is 4.80 Å². The molecule has 1 heterocycles. The Kier molecular flexibility index (Phi) is 6.27. The summed E-state index contributed by atoms with van der Waals surface area (Å²) in [5, 5.41) is 4.35. The fourth-order valence-electron chi connectivity index (χ4n) is 2.48. The van der Waals surface area contributed by atoms with Gasteiger partial charge >= 0.3 is 0 Å². The van der Waals surface area contributed by atoms with Gasteiger partial charge in [0.2, 0.25) is 5.91 Å². The van der Waals surface area contributed by atoms with Crippen LogP contribution in [0.4, 0.5) is 4.39 Å². The summed E-state index contributed by atoms with van der Waals surface area (Å²) in [6.07, 6.45) is 1.96. The first kappa shape index (κ1) is 18.7. The molecule has 3 rings (SSSR count). The number of hydrogen-bond donors (Lipinski definition) is 1. The van der Waals surface area contributed by atoms with E-state index in [0.717, 1.165) is 5.56 Å². The van der Waals surface area contributed by atoms with Crippen LogP contribution in [0.5, 0.6) is 0 Å². The van der Waals surface area contributed by atoms with Crippen molar-refractivity contribution in [2.24, 2.45) is 4.99 Å². The van der Waals surface area contributed by atoms with Gasteiger partial charge < -0.3 is 9.88 Å². The van der Waals surface area contributed by atoms with Crippen LogP contribution in [0.3, 0.4) is 0 Å². The lowest BCUT2D eigenvalue weighted by Crippen LogP contribution is -2.31. The van der Waals surface area contributed by atoms with E-state index in [4.69, 9.17) is 0 Å². The van der Waals surface area contributed by atoms with Gasteiger partial charge in [0.05, 0.1) is 19.5 Å². The lowest BCUT2D eigenvalue weighted by molar-refractivity contribution is -0.124. The highest BCUT2D eigenvalue weighted by atomic mass is 32.1. The van der Waals surface area contributed by atoms with Crippen molar-refractivity contribution in [1.29, 1.82) is 0 Å². The normalized spacial score (nSPS) is 11.4. The van der Waals surface area contributed by atoms with Crippen molar-refractivity contribution in [2.45, 2.75) is 13.0 Å². The number of carbonyl (C=O) groups is 2. The first-order chi connectivity index (χ1) is 13.1. The molecule has 27 heavy (non-hydrogen) atoms. The number of hydrogen-bond acceptors (Lipinski definition) is 3. The van der Waals surface area contributed by atoms with Crippen molar-refractivity contribution < 1.29 is 14.0 Å². The number of rotatable bonds is 6. The summed E-state index contributed by atoms with van der Waals surface area (Å²) in [6, 6.07) is 15.8. The summed E-state index contributed by atoms with van der Waals surface area (Å²) < 4.78 is 15.5. The second kappa shape index (κ2) is 9.05. The highest BCUT2D eigenvalue weighted by Gasteiger charge is 2.07. The predicted octanol–water partition coefficient (Wildman–Crippen LogP) is 2.52. The zero-order valence-electron chi connectivity index (χ0n) is 14.5. The topological polar surface area (TPSA) is 63.5 Å². The van der Waals surface area contributed by atoms with Gasteiger partial charge in [-0.25, -0.2) is 4.39 Å². The molecule has 0 atom stereocenters. The minimum Gasteiger partial charge on any atom is -0.347 e. The van der Waals surface area contributed by atoms with Crippen LogP contribution in [-0.4, -0.2) is 22.9 Å². The van der Waals surface area contributed by atoms with E-state index >= 15 is 0 Å². The van der Waals surface area contributed by atoms with Gasteiger partial charge in [-0.15, -0.1) is 11.3 Å². The quantitative estimate of drug-likeness (QED) is 0.711. The van der Waals surface area contributed by atoms with Gasteiger partial charge in [-0.3, -0.25) is 9.59 Å². The molecule has 138 valence electrons. The Morgan fingerprint density at radius 1 is 1.07 bits per heavy atom. The molecule has 0 aliphatic rings. The third-order valence-corrected chi connectivity index (χ3v) is 4.62. The molecule has 0 fully saturated rings. The molecule has 3 aromatic rings. The fraction of sp³-hybridized carbons (Fsp3) is 0.150. The van der Waals surface area contributed by atoms with E-state index in [1.54, 1.807) is 34.3 Å². The number of benzene rings is 2. The summed E-state index contributed by atoms with van der Waals surface area (Å²) in [4.78, 5) is 28.5. The molecular formula is C20H18FN3O2S. The van der Waals surface area contributed by atoms with Gasteiger partial charge in [0.1, 0.15) is 5.82 Å². The van der Waals surface area contributed by atoms with Crippen molar-refractivity contribution in [3.8, 4) is 0 Å². The molecule has 0 aliphatic heterocycles. The van der Waals surface area contributed by atoms with Crippen LogP contribution in [0, 0.1) is 5.82 Å². The summed E-state index contributed by atoms with van der Waals surface area (Å²) >= 11 is 1.28. The molecule has 0 bridgehead atoms. The van der Waals surface area contributed by atoms with E-state index in [2.05, 4.69) is 10.3 Å². The third kappa shape index (κ3) is 5.46. The van der Waals surface area contributed by atoms with Crippen molar-refractivity contribution >= 4 is 23.2 Å². The second-order valence-electron chi connectivity index (χ2n) is 5.85. The van der Waals surface area contributed by atoms with E-state index in [-0.39, 0.29) is 31.2 Å². The van der Waals surface area contributed by atoms with Crippen LogP contribution >= 0.6 is 11.3 Å². The Hall–Kier alpha value is -3.06. The lowest BCUT2D eigenvalue weighted by Gasteiger charge is -2.05. The summed E-state index contributed by atoms with van der Waals surface area (Å²) in [5.74, 6) is -1.00. The Morgan fingerprint density at radius 3 is 2.59 bits per heavy atom. The average molecular weight is 383 g/mol. The molecule has 0 saturated heterocycles. The molecule has 2 aromatic carbocycles. The Balaban J connectivity index is 1.60. The van der Waals surface area contributed by atoms with Crippen LogP contribution < -0.4 is 10.1 Å². The van der Waals surface area contributed by atoms with Gasteiger partial charge in [-0.2, -0.15) is 4.99 Å². The number of halogens is 1. The van der Waals surface area contributed by atoms with Crippen LogP contribution in [0.15, 0.2) is 71.2 Å². The average Bonchev–Trinajstić information content (AvgIpc) is 3.09. The number of carbonyl (C=O) groups excluding carboxylic acids is 2. The number of thiazole rings is 1. The van der Waals surface area contributed by atoms with Gasteiger partial charge in [0, 0.05) is 17.1 Å². The zero-order valence-corrected chi connectivity index (χ0v) is 15.3. The van der Waals surface area contributed by atoms with E-state index in [1.165, 1.54) is 17.4 Å². The standard InChI is InChI=1S/C20H18FN3O2S/c21-17-9-5-4-8-16(17)14-24-10-11-27-20(24)23-19(26)13-22-18(25)12-15-6-2-1-3-7-15/h1-11H,12-14H2,(H,22,25). The molecule has 0 aliphatic carbocycles. The van der Waals surface area contributed by atoms with E-state index in [1.807, 2.05) is 30.3 Å². The molecule has 0 saturated carbocycles. The van der Waals surface area contributed by atoms with Crippen LogP contribution in [-0.2, 0) is 22.6 Å². The smallest absolute Gasteiger partial charge is 0.267 e. The van der Waals surface area contributed by atoms with E-state index in [0.29, 0.717) is 10.4 Å². The molecule has 2 amide bonds. The van der Waals surface area contributed by atoms with Crippen LogP contribution in [0.25, 0.3) is 0 Å². The van der Waals surface area contributed by atoms with E-state index in [9.17, 15) is 14.0 Å². The zero-order chi connectivity index (χ0) is 19.1. The monoisotopic (exact) mass is 383 g/mol. The maximum absolute atomic E-state index is 13.8. The second-order valence-corrected chi connectivity index (χ2v) is 6.72. The molecule has 0 radical (unpaired) electrons. The first-order valence-corrected chi connectivity index (χ1v) is 9.25. The molecule has 0 unspecified atom stereocenters. The summed E-state index contributed by atoms with van der Waals surface area (Å²) in [5.41, 5.74) is 1.39. The highest BCUT2D eigenvalue weighted by Crippen LogP contribution is 2.08. The largest absolute Gasteiger partial charge is 0.347 e. The lowest BCUT2D eigenvalue weighted by atomic mass is 10.1.